The number of aryl methyl sites for hydroxylation is 1. The number of rotatable bonds is 1. The Balaban J connectivity index is 2.59. The first kappa shape index (κ1) is 8.44. The predicted octanol–water partition coefficient (Wildman–Crippen LogP) is 2.81. The lowest BCUT2D eigenvalue weighted by Gasteiger charge is -2.01. The van der Waals surface area contributed by atoms with E-state index in [0.717, 1.165) is 15.6 Å². The molecule has 0 atom stereocenters. The molecule has 0 saturated carbocycles. The van der Waals surface area contributed by atoms with Crippen molar-refractivity contribution in [2.75, 3.05) is 0 Å². The summed E-state index contributed by atoms with van der Waals surface area (Å²) in [7, 11) is 0. The summed E-state index contributed by atoms with van der Waals surface area (Å²) in [5.74, 6) is 0.538. The maximum Gasteiger partial charge on any atom is 0.248 e. The van der Waals surface area contributed by atoms with E-state index in [2.05, 4.69) is 26.1 Å². The van der Waals surface area contributed by atoms with Gasteiger partial charge in [-0.05, 0) is 34.5 Å². The fourth-order valence-corrected chi connectivity index (χ4v) is 1.54. The summed E-state index contributed by atoms with van der Waals surface area (Å²) in [6.45, 7) is 2.02. The second kappa shape index (κ2) is 3.30. The van der Waals surface area contributed by atoms with Crippen LogP contribution in [0.15, 0.2) is 33.5 Å². The van der Waals surface area contributed by atoms with E-state index in [9.17, 15) is 0 Å². The van der Waals surface area contributed by atoms with Crippen LogP contribution in [0.5, 0.6) is 0 Å². The standard InChI is InChI=1S/C9H7BrN2O/c1-6-3-2-4-7(8(6)10)9-12-11-5-13-9/h2-5H,1H3. The first-order valence-corrected chi connectivity index (χ1v) is 4.60. The first-order chi connectivity index (χ1) is 6.29. The molecule has 0 spiro atoms. The summed E-state index contributed by atoms with van der Waals surface area (Å²) in [5, 5.41) is 7.47. The maximum absolute atomic E-state index is 5.10. The first-order valence-electron chi connectivity index (χ1n) is 3.80. The Morgan fingerprint density at radius 3 is 2.92 bits per heavy atom. The SMILES string of the molecule is Cc1cccc(-c2nnco2)c1Br. The number of halogens is 1. The van der Waals surface area contributed by atoms with Crippen LogP contribution in [0, 0.1) is 6.92 Å². The summed E-state index contributed by atoms with van der Waals surface area (Å²) in [5.41, 5.74) is 2.08. The van der Waals surface area contributed by atoms with Gasteiger partial charge >= 0.3 is 0 Å². The second-order valence-corrected chi connectivity index (χ2v) is 3.47. The predicted molar refractivity (Wildman–Crippen MR) is 52.2 cm³/mol. The van der Waals surface area contributed by atoms with E-state index in [1.807, 2.05) is 25.1 Å². The van der Waals surface area contributed by atoms with Gasteiger partial charge in [-0.3, -0.25) is 0 Å². The van der Waals surface area contributed by atoms with Crippen LogP contribution in [0.25, 0.3) is 11.5 Å². The number of hydrogen-bond donors (Lipinski definition) is 0. The van der Waals surface area contributed by atoms with Crippen LogP contribution in [0.1, 0.15) is 5.56 Å². The van der Waals surface area contributed by atoms with Gasteiger partial charge in [-0.25, -0.2) is 0 Å². The monoisotopic (exact) mass is 238 g/mol. The van der Waals surface area contributed by atoms with Crippen LogP contribution in [-0.2, 0) is 0 Å². The molecule has 3 nitrogen and oxygen atoms in total. The minimum atomic E-state index is 0.538. The average Bonchev–Trinajstić information content (AvgIpc) is 2.62. The molecule has 0 unspecified atom stereocenters. The Bertz CT molecular complexity index is 412. The third-order valence-corrected chi connectivity index (χ3v) is 2.83. The highest BCUT2D eigenvalue weighted by Crippen LogP contribution is 2.28. The number of hydrogen-bond acceptors (Lipinski definition) is 3. The smallest absolute Gasteiger partial charge is 0.248 e. The summed E-state index contributed by atoms with van der Waals surface area (Å²) < 4.78 is 6.10. The van der Waals surface area contributed by atoms with Gasteiger partial charge in [0.15, 0.2) is 0 Å². The van der Waals surface area contributed by atoms with Crippen molar-refractivity contribution in [3.05, 3.63) is 34.6 Å². The molecule has 13 heavy (non-hydrogen) atoms. The molecule has 2 aromatic rings. The molecule has 0 bridgehead atoms. The molecule has 2 rings (SSSR count). The van der Waals surface area contributed by atoms with Gasteiger partial charge in [0.1, 0.15) is 0 Å². The van der Waals surface area contributed by atoms with Crippen LogP contribution < -0.4 is 0 Å². The topological polar surface area (TPSA) is 38.9 Å². The quantitative estimate of drug-likeness (QED) is 0.767. The molecule has 1 aromatic carbocycles. The Kier molecular flexibility index (Phi) is 2.14. The van der Waals surface area contributed by atoms with E-state index in [-0.39, 0.29) is 0 Å². The van der Waals surface area contributed by atoms with E-state index < -0.39 is 0 Å². The summed E-state index contributed by atoms with van der Waals surface area (Å²) in [4.78, 5) is 0. The fourth-order valence-electron chi connectivity index (χ4n) is 1.10. The van der Waals surface area contributed by atoms with Crippen LogP contribution in [0.3, 0.4) is 0 Å². The zero-order chi connectivity index (χ0) is 9.26. The lowest BCUT2D eigenvalue weighted by Crippen LogP contribution is -1.83. The van der Waals surface area contributed by atoms with Gasteiger partial charge in [0.25, 0.3) is 0 Å². The molecule has 0 aliphatic heterocycles. The molecule has 0 aliphatic rings. The molecule has 4 heteroatoms. The van der Waals surface area contributed by atoms with Gasteiger partial charge in [-0.1, -0.05) is 12.1 Å². The molecule has 1 heterocycles. The second-order valence-electron chi connectivity index (χ2n) is 2.68. The molecular weight excluding hydrogens is 232 g/mol. The van der Waals surface area contributed by atoms with Gasteiger partial charge in [-0.15, -0.1) is 10.2 Å². The molecule has 0 amide bonds. The third-order valence-electron chi connectivity index (χ3n) is 1.78. The maximum atomic E-state index is 5.10. The van der Waals surface area contributed by atoms with Crippen molar-refractivity contribution in [1.82, 2.24) is 10.2 Å². The van der Waals surface area contributed by atoms with Crippen molar-refractivity contribution in [3.63, 3.8) is 0 Å². The van der Waals surface area contributed by atoms with E-state index in [4.69, 9.17) is 4.42 Å². The Hall–Kier alpha value is -1.16. The summed E-state index contributed by atoms with van der Waals surface area (Å²) in [6.07, 6.45) is 1.32. The Morgan fingerprint density at radius 1 is 1.38 bits per heavy atom. The lowest BCUT2D eigenvalue weighted by molar-refractivity contribution is 0.568. The van der Waals surface area contributed by atoms with Crippen LogP contribution in [-0.4, -0.2) is 10.2 Å². The van der Waals surface area contributed by atoms with Crippen LogP contribution in [0.4, 0.5) is 0 Å². The van der Waals surface area contributed by atoms with E-state index in [1.54, 1.807) is 0 Å². The average molecular weight is 239 g/mol. The largest absolute Gasteiger partial charge is 0.423 e. The normalized spacial score (nSPS) is 10.3. The number of benzene rings is 1. The van der Waals surface area contributed by atoms with Gasteiger partial charge in [0.2, 0.25) is 12.3 Å². The minimum absolute atomic E-state index is 0.538. The highest BCUT2D eigenvalue weighted by molar-refractivity contribution is 9.10. The lowest BCUT2D eigenvalue weighted by atomic mass is 10.1. The van der Waals surface area contributed by atoms with Crippen molar-refractivity contribution in [3.8, 4) is 11.5 Å². The summed E-state index contributed by atoms with van der Waals surface area (Å²) in [6, 6.07) is 5.91. The highest BCUT2D eigenvalue weighted by Gasteiger charge is 2.08. The van der Waals surface area contributed by atoms with Crippen molar-refractivity contribution in [1.29, 1.82) is 0 Å². The van der Waals surface area contributed by atoms with Crippen molar-refractivity contribution in [2.45, 2.75) is 6.92 Å². The van der Waals surface area contributed by atoms with Crippen molar-refractivity contribution >= 4 is 15.9 Å². The summed E-state index contributed by atoms with van der Waals surface area (Å²) >= 11 is 3.47. The molecule has 0 N–H and O–H groups in total. The van der Waals surface area contributed by atoms with E-state index in [0.29, 0.717) is 5.89 Å². The fraction of sp³-hybridized carbons (Fsp3) is 0.111. The molecule has 66 valence electrons. The minimum Gasteiger partial charge on any atom is -0.423 e. The number of nitrogens with zero attached hydrogens (tertiary/aromatic N) is 2. The van der Waals surface area contributed by atoms with Gasteiger partial charge in [-0.2, -0.15) is 0 Å². The van der Waals surface area contributed by atoms with E-state index >= 15 is 0 Å². The molecule has 0 fully saturated rings. The third kappa shape index (κ3) is 1.49. The zero-order valence-corrected chi connectivity index (χ0v) is 8.58. The van der Waals surface area contributed by atoms with Gasteiger partial charge in [0.05, 0.1) is 5.56 Å². The van der Waals surface area contributed by atoms with Crippen LogP contribution >= 0.6 is 15.9 Å². The van der Waals surface area contributed by atoms with Crippen molar-refractivity contribution in [2.24, 2.45) is 0 Å². The van der Waals surface area contributed by atoms with E-state index in [1.165, 1.54) is 6.39 Å². The molecular formula is C9H7BrN2O. The molecule has 0 saturated heterocycles. The zero-order valence-electron chi connectivity index (χ0n) is 6.99. The molecule has 0 aliphatic carbocycles. The van der Waals surface area contributed by atoms with Gasteiger partial charge < -0.3 is 4.42 Å². The number of aromatic nitrogens is 2. The highest BCUT2D eigenvalue weighted by atomic mass is 79.9. The Morgan fingerprint density at radius 2 is 2.23 bits per heavy atom. The van der Waals surface area contributed by atoms with Gasteiger partial charge in [0, 0.05) is 4.47 Å². The molecule has 0 radical (unpaired) electrons. The van der Waals surface area contributed by atoms with Crippen molar-refractivity contribution < 1.29 is 4.42 Å². The molecule has 1 aromatic heterocycles. The Labute approximate surface area is 83.9 Å². The van der Waals surface area contributed by atoms with Crippen LogP contribution in [0.2, 0.25) is 0 Å².